The predicted molar refractivity (Wildman–Crippen MR) is 53.4 cm³/mol. The average Bonchev–Trinajstić information content (AvgIpc) is 2.48. The van der Waals surface area contributed by atoms with Crippen molar-refractivity contribution in [2.24, 2.45) is 5.92 Å². The van der Waals surface area contributed by atoms with Gasteiger partial charge in [0.2, 0.25) is 5.91 Å². The van der Waals surface area contributed by atoms with Crippen molar-refractivity contribution < 1.29 is 14.7 Å². The molecule has 1 amide bonds. The van der Waals surface area contributed by atoms with E-state index < -0.39 is 12.0 Å². The molecule has 2 aliphatic heterocycles. The zero-order valence-corrected chi connectivity index (χ0v) is 8.85. The minimum atomic E-state index is -0.874. The van der Waals surface area contributed by atoms with Crippen LogP contribution in [0.1, 0.15) is 12.8 Å². The van der Waals surface area contributed by atoms with E-state index in [1.165, 1.54) is 4.90 Å². The summed E-state index contributed by atoms with van der Waals surface area (Å²) < 4.78 is 0. The maximum atomic E-state index is 11.9. The lowest BCUT2D eigenvalue weighted by atomic mass is 9.98. The predicted octanol–water partition coefficient (Wildman–Crippen LogP) is -0.376. The van der Waals surface area contributed by atoms with Gasteiger partial charge in [-0.2, -0.15) is 0 Å². The third kappa shape index (κ3) is 1.84. The molecule has 0 aromatic carbocycles. The van der Waals surface area contributed by atoms with E-state index >= 15 is 0 Å². The molecular weight excluding hydrogens is 196 g/mol. The fourth-order valence-corrected chi connectivity index (χ4v) is 2.28. The molecule has 15 heavy (non-hydrogen) atoms. The molecule has 5 heteroatoms. The molecular formula is C10H16N2O3. The number of carbonyl (C=O) groups is 2. The number of carboxylic acid groups (broad SMARTS) is 1. The Labute approximate surface area is 88.6 Å². The summed E-state index contributed by atoms with van der Waals surface area (Å²) in [6.07, 6.45) is 1.46. The molecule has 0 spiro atoms. The van der Waals surface area contributed by atoms with Crippen molar-refractivity contribution in [1.29, 1.82) is 0 Å². The van der Waals surface area contributed by atoms with Crippen LogP contribution in [-0.2, 0) is 9.59 Å². The van der Waals surface area contributed by atoms with Crippen LogP contribution < -0.4 is 0 Å². The van der Waals surface area contributed by atoms with Crippen LogP contribution in [-0.4, -0.2) is 59.5 Å². The number of amides is 1. The summed E-state index contributed by atoms with van der Waals surface area (Å²) in [5.74, 6) is -0.837. The van der Waals surface area contributed by atoms with Gasteiger partial charge in [-0.25, -0.2) is 4.79 Å². The number of hydrogen-bond donors (Lipinski definition) is 1. The second kappa shape index (κ2) is 3.81. The standard InChI is InChI=1S/C10H16N2O3/c1-11-4-2-7(6-11)9(13)12-5-3-8(12)10(14)15/h7-8H,2-6H2,1H3,(H,14,15). The van der Waals surface area contributed by atoms with Crippen LogP contribution in [0.25, 0.3) is 0 Å². The molecule has 2 saturated heterocycles. The summed E-state index contributed by atoms with van der Waals surface area (Å²) in [7, 11) is 1.98. The highest BCUT2D eigenvalue weighted by atomic mass is 16.4. The molecule has 2 heterocycles. The molecule has 5 nitrogen and oxygen atoms in total. The second-order valence-electron chi connectivity index (χ2n) is 4.42. The van der Waals surface area contributed by atoms with Gasteiger partial charge in [-0.1, -0.05) is 0 Å². The number of rotatable bonds is 2. The van der Waals surface area contributed by atoms with E-state index in [9.17, 15) is 9.59 Å². The molecule has 2 atom stereocenters. The normalized spacial score (nSPS) is 31.4. The number of carboxylic acids is 1. The molecule has 1 N–H and O–H groups in total. The van der Waals surface area contributed by atoms with E-state index in [1.807, 2.05) is 7.05 Å². The van der Waals surface area contributed by atoms with Gasteiger partial charge in [0.25, 0.3) is 0 Å². The molecule has 0 aliphatic carbocycles. The first-order valence-electron chi connectivity index (χ1n) is 5.31. The van der Waals surface area contributed by atoms with Crippen molar-refractivity contribution in [2.75, 3.05) is 26.7 Å². The molecule has 0 aromatic rings. The van der Waals surface area contributed by atoms with Crippen LogP contribution >= 0.6 is 0 Å². The van der Waals surface area contributed by atoms with E-state index in [0.717, 1.165) is 19.5 Å². The fourth-order valence-electron chi connectivity index (χ4n) is 2.28. The minimum Gasteiger partial charge on any atom is -0.480 e. The van der Waals surface area contributed by atoms with Crippen molar-refractivity contribution in [3.05, 3.63) is 0 Å². The largest absolute Gasteiger partial charge is 0.480 e. The molecule has 2 rings (SSSR count). The summed E-state index contributed by atoms with van der Waals surface area (Å²) in [4.78, 5) is 26.3. The van der Waals surface area contributed by atoms with Crippen LogP contribution in [0.5, 0.6) is 0 Å². The zero-order chi connectivity index (χ0) is 11.0. The van der Waals surface area contributed by atoms with Gasteiger partial charge in [0, 0.05) is 13.1 Å². The quantitative estimate of drug-likeness (QED) is 0.678. The van der Waals surface area contributed by atoms with Gasteiger partial charge < -0.3 is 14.9 Å². The Morgan fingerprint density at radius 2 is 2.00 bits per heavy atom. The molecule has 2 fully saturated rings. The Hall–Kier alpha value is -1.10. The van der Waals surface area contributed by atoms with Gasteiger partial charge in [-0.05, 0) is 26.4 Å². The van der Waals surface area contributed by atoms with E-state index in [0.29, 0.717) is 13.0 Å². The van der Waals surface area contributed by atoms with E-state index in [4.69, 9.17) is 5.11 Å². The molecule has 0 aromatic heterocycles. The maximum absolute atomic E-state index is 11.9. The van der Waals surface area contributed by atoms with Crippen molar-refractivity contribution in [3.8, 4) is 0 Å². The molecule has 84 valence electrons. The summed E-state index contributed by atoms with van der Waals surface area (Å²) in [6, 6.07) is -0.566. The Bertz CT molecular complexity index is 292. The second-order valence-corrected chi connectivity index (χ2v) is 4.42. The SMILES string of the molecule is CN1CCC(C(=O)N2CCC2C(=O)O)C1. The Balaban J connectivity index is 1.94. The highest BCUT2D eigenvalue weighted by Crippen LogP contribution is 2.24. The third-order valence-electron chi connectivity index (χ3n) is 3.33. The third-order valence-corrected chi connectivity index (χ3v) is 3.33. The van der Waals surface area contributed by atoms with Crippen LogP contribution in [0.4, 0.5) is 0 Å². The zero-order valence-electron chi connectivity index (χ0n) is 8.85. The van der Waals surface area contributed by atoms with E-state index in [-0.39, 0.29) is 11.8 Å². The van der Waals surface area contributed by atoms with Gasteiger partial charge >= 0.3 is 5.97 Å². The number of aliphatic carboxylic acids is 1. The molecule has 0 bridgehead atoms. The van der Waals surface area contributed by atoms with E-state index in [1.54, 1.807) is 0 Å². The first kappa shape index (κ1) is 10.4. The van der Waals surface area contributed by atoms with E-state index in [2.05, 4.69) is 4.90 Å². The monoisotopic (exact) mass is 212 g/mol. The maximum Gasteiger partial charge on any atom is 0.326 e. The summed E-state index contributed by atoms with van der Waals surface area (Å²) >= 11 is 0. The lowest BCUT2D eigenvalue weighted by Gasteiger charge is -2.39. The van der Waals surface area contributed by atoms with Crippen molar-refractivity contribution in [3.63, 3.8) is 0 Å². The number of nitrogens with zero attached hydrogens (tertiary/aromatic N) is 2. The van der Waals surface area contributed by atoms with Gasteiger partial charge in [0.15, 0.2) is 0 Å². The number of likely N-dealkylation sites (tertiary alicyclic amines) is 2. The summed E-state index contributed by atoms with van der Waals surface area (Å²) in [5, 5.41) is 8.84. The Morgan fingerprint density at radius 3 is 2.40 bits per heavy atom. The molecule has 2 unspecified atom stereocenters. The van der Waals surface area contributed by atoms with Crippen LogP contribution in [0.15, 0.2) is 0 Å². The van der Waals surface area contributed by atoms with Gasteiger partial charge in [0.05, 0.1) is 5.92 Å². The van der Waals surface area contributed by atoms with Crippen LogP contribution in [0, 0.1) is 5.92 Å². The van der Waals surface area contributed by atoms with Gasteiger partial charge in [0.1, 0.15) is 6.04 Å². The highest BCUT2D eigenvalue weighted by molar-refractivity contribution is 5.87. The molecule has 2 aliphatic rings. The number of carbonyl (C=O) groups excluding carboxylic acids is 1. The Kier molecular flexibility index (Phi) is 2.65. The fraction of sp³-hybridized carbons (Fsp3) is 0.800. The molecule has 0 saturated carbocycles. The highest BCUT2D eigenvalue weighted by Gasteiger charge is 2.41. The smallest absolute Gasteiger partial charge is 0.326 e. The summed E-state index contributed by atoms with van der Waals surface area (Å²) in [5.41, 5.74) is 0. The van der Waals surface area contributed by atoms with Gasteiger partial charge in [-0.15, -0.1) is 0 Å². The van der Waals surface area contributed by atoms with Crippen molar-refractivity contribution >= 4 is 11.9 Å². The topological polar surface area (TPSA) is 60.9 Å². The van der Waals surface area contributed by atoms with Crippen LogP contribution in [0.2, 0.25) is 0 Å². The lowest BCUT2D eigenvalue weighted by molar-refractivity contribution is -0.159. The van der Waals surface area contributed by atoms with Crippen molar-refractivity contribution in [2.45, 2.75) is 18.9 Å². The summed E-state index contributed by atoms with van der Waals surface area (Å²) in [6.45, 7) is 2.31. The number of hydrogen-bond acceptors (Lipinski definition) is 3. The minimum absolute atomic E-state index is 0.0112. The lowest BCUT2D eigenvalue weighted by Crippen LogP contribution is -2.57. The molecule has 0 radical (unpaired) electrons. The average molecular weight is 212 g/mol. The van der Waals surface area contributed by atoms with Crippen molar-refractivity contribution in [1.82, 2.24) is 9.80 Å². The van der Waals surface area contributed by atoms with Gasteiger partial charge in [-0.3, -0.25) is 4.79 Å². The Morgan fingerprint density at radius 1 is 1.27 bits per heavy atom. The first-order chi connectivity index (χ1) is 7.09. The van der Waals surface area contributed by atoms with Crippen LogP contribution in [0.3, 0.4) is 0 Å². The first-order valence-corrected chi connectivity index (χ1v) is 5.31.